The Labute approximate surface area is 171 Å². The molecule has 7 heteroatoms. The van der Waals surface area contributed by atoms with Crippen LogP contribution < -0.4 is 4.90 Å². The normalized spacial score (nSPS) is 13.9. The topological polar surface area (TPSA) is 42.1 Å². The molecule has 1 aromatic carbocycles. The number of benzene rings is 1. The van der Waals surface area contributed by atoms with E-state index in [0.29, 0.717) is 12.7 Å². The second-order valence-corrected chi connectivity index (χ2v) is 8.03. The van der Waals surface area contributed by atoms with Crippen molar-refractivity contribution in [2.45, 2.75) is 32.1 Å². The van der Waals surface area contributed by atoms with Crippen LogP contribution in [-0.2, 0) is 13.2 Å². The summed E-state index contributed by atoms with van der Waals surface area (Å²) in [4.78, 5) is 8.59. The van der Waals surface area contributed by atoms with Gasteiger partial charge in [-0.1, -0.05) is 12.1 Å². The first kappa shape index (κ1) is 18.8. The van der Waals surface area contributed by atoms with Crippen LogP contribution in [0.3, 0.4) is 0 Å². The molecule has 1 saturated carbocycles. The maximum absolute atomic E-state index is 5.77. The van der Waals surface area contributed by atoms with E-state index in [9.17, 15) is 0 Å². The van der Waals surface area contributed by atoms with Gasteiger partial charge in [0.1, 0.15) is 0 Å². The average molecular weight is 395 g/mol. The number of aromatic nitrogens is 4. The molecule has 2 aromatic heterocycles. The molecule has 0 spiro atoms. The third-order valence-electron chi connectivity index (χ3n) is 4.98. The van der Waals surface area contributed by atoms with Crippen LogP contribution in [-0.4, -0.2) is 45.4 Å². The lowest BCUT2D eigenvalue weighted by Crippen LogP contribution is -2.22. The zero-order valence-electron chi connectivity index (χ0n) is 16.6. The van der Waals surface area contributed by atoms with Gasteiger partial charge >= 0.3 is 0 Å². The van der Waals surface area contributed by atoms with E-state index in [1.54, 1.807) is 6.20 Å². The molecule has 0 bridgehead atoms. The van der Waals surface area contributed by atoms with E-state index in [1.165, 1.54) is 24.1 Å². The average Bonchev–Trinajstić information content (AvgIpc) is 3.47. The predicted molar refractivity (Wildman–Crippen MR) is 115 cm³/mol. The molecule has 0 radical (unpaired) electrons. The second-order valence-electron chi connectivity index (χ2n) is 7.67. The SMILES string of the molecule is CN(Cc1ccc(N(C)C)cc1)Cn1nc(-c2cccnc2)n(C2CC2)c1=S. The largest absolute Gasteiger partial charge is 0.378 e. The number of hydrogen-bond acceptors (Lipinski definition) is 5. The van der Waals surface area contributed by atoms with Gasteiger partial charge in [-0.2, -0.15) is 5.10 Å². The fourth-order valence-corrected chi connectivity index (χ4v) is 3.69. The summed E-state index contributed by atoms with van der Waals surface area (Å²) < 4.78 is 4.92. The molecule has 28 heavy (non-hydrogen) atoms. The molecule has 2 heterocycles. The number of pyridine rings is 1. The van der Waals surface area contributed by atoms with E-state index in [0.717, 1.165) is 22.7 Å². The maximum Gasteiger partial charge on any atom is 0.199 e. The Morgan fingerprint density at radius 1 is 1.11 bits per heavy atom. The molecular formula is C21H26N6S. The highest BCUT2D eigenvalue weighted by Crippen LogP contribution is 2.38. The maximum atomic E-state index is 5.77. The molecule has 1 aliphatic carbocycles. The summed E-state index contributed by atoms with van der Waals surface area (Å²) in [7, 11) is 6.21. The van der Waals surface area contributed by atoms with Gasteiger partial charge in [0.25, 0.3) is 0 Å². The molecule has 0 aliphatic heterocycles. The lowest BCUT2D eigenvalue weighted by Gasteiger charge is -2.18. The zero-order valence-corrected chi connectivity index (χ0v) is 17.4. The summed E-state index contributed by atoms with van der Waals surface area (Å²) in [5.74, 6) is 0.921. The molecule has 0 amide bonds. The summed E-state index contributed by atoms with van der Waals surface area (Å²) in [5, 5.41) is 4.85. The lowest BCUT2D eigenvalue weighted by molar-refractivity contribution is 0.244. The van der Waals surface area contributed by atoms with Crippen LogP contribution in [0.25, 0.3) is 11.4 Å². The van der Waals surface area contributed by atoms with E-state index in [1.807, 2.05) is 23.0 Å². The molecule has 6 nitrogen and oxygen atoms in total. The predicted octanol–water partition coefficient (Wildman–Crippen LogP) is 3.97. The minimum Gasteiger partial charge on any atom is -0.378 e. The number of rotatable bonds is 7. The van der Waals surface area contributed by atoms with Gasteiger partial charge in [0.15, 0.2) is 10.6 Å². The van der Waals surface area contributed by atoms with E-state index < -0.39 is 0 Å². The molecule has 146 valence electrons. The quantitative estimate of drug-likeness (QED) is 0.567. The second kappa shape index (κ2) is 7.85. The van der Waals surface area contributed by atoms with Crippen LogP contribution >= 0.6 is 12.2 Å². The van der Waals surface area contributed by atoms with Crippen LogP contribution in [0.2, 0.25) is 0 Å². The number of anilines is 1. The van der Waals surface area contributed by atoms with Crippen molar-refractivity contribution in [2.75, 3.05) is 26.0 Å². The Morgan fingerprint density at radius 2 is 1.86 bits per heavy atom. The first-order valence-corrected chi connectivity index (χ1v) is 9.98. The van der Waals surface area contributed by atoms with E-state index in [4.69, 9.17) is 17.3 Å². The Morgan fingerprint density at radius 3 is 2.46 bits per heavy atom. The van der Waals surface area contributed by atoms with Gasteiger partial charge in [0.05, 0.1) is 6.67 Å². The van der Waals surface area contributed by atoms with Gasteiger partial charge in [-0.25, -0.2) is 4.68 Å². The number of hydrogen-bond donors (Lipinski definition) is 0. The Balaban J connectivity index is 1.54. The van der Waals surface area contributed by atoms with Crippen molar-refractivity contribution in [2.24, 2.45) is 0 Å². The van der Waals surface area contributed by atoms with Crippen molar-refractivity contribution < 1.29 is 0 Å². The van der Waals surface area contributed by atoms with Gasteiger partial charge in [-0.3, -0.25) is 14.5 Å². The van der Waals surface area contributed by atoms with Gasteiger partial charge < -0.3 is 4.90 Å². The van der Waals surface area contributed by atoms with Crippen LogP contribution in [0.4, 0.5) is 5.69 Å². The Kier molecular flexibility index (Phi) is 5.28. The van der Waals surface area contributed by atoms with E-state index >= 15 is 0 Å². The van der Waals surface area contributed by atoms with Crippen molar-refractivity contribution in [3.63, 3.8) is 0 Å². The minimum absolute atomic E-state index is 0.473. The summed E-state index contributed by atoms with van der Waals surface area (Å²) in [6, 6.07) is 13.1. The van der Waals surface area contributed by atoms with Crippen LogP contribution in [0, 0.1) is 4.77 Å². The fourth-order valence-electron chi connectivity index (χ4n) is 3.36. The van der Waals surface area contributed by atoms with E-state index in [2.05, 4.69) is 64.8 Å². The minimum atomic E-state index is 0.473. The highest BCUT2D eigenvalue weighted by Gasteiger charge is 2.29. The van der Waals surface area contributed by atoms with Crippen LogP contribution in [0.1, 0.15) is 24.4 Å². The van der Waals surface area contributed by atoms with Crippen molar-refractivity contribution in [1.29, 1.82) is 0 Å². The Hall–Kier alpha value is -2.51. The fraction of sp³-hybridized carbons (Fsp3) is 0.381. The van der Waals surface area contributed by atoms with Crippen molar-refractivity contribution in [1.82, 2.24) is 24.2 Å². The zero-order chi connectivity index (χ0) is 19.7. The van der Waals surface area contributed by atoms with Crippen LogP contribution in [0.15, 0.2) is 48.8 Å². The van der Waals surface area contributed by atoms with Crippen molar-refractivity contribution >= 4 is 17.9 Å². The highest BCUT2D eigenvalue weighted by atomic mass is 32.1. The molecule has 3 aromatic rings. The molecule has 0 atom stereocenters. The third kappa shape index (κ3) is 4.00. The van der Waals surface area contributed by atoms with Crippen molar-refractivity contribution in [3.05, 3.63) is 59.1 Å². The van der Waals surface area contributed by atoms with E-state index in [-0.39, 0.29) is 0 Å². The standard InChI is InChI=1S/C21H26N6S/c1-24(2)18-8-6-16(7-9-18)14-25(3)15-26-21(28)27(19-10-11-19)20(23-26)17-5-4-12-22-13-17/h4-9,12-13,19H,10-11,14-15H2,1-3H3. The highest BCUT2D eigenvalue weighted by molar-refractivity contribution is 7.71. The molecule has 1 fully saturated rings. The Bertz CT molecular complexity index is 986. The smallest absolute Gasteiger partial charge is 0.199 e. The molecule has 0 unspecified atom stereocenters. The van der Waals surface area contributed by atoms with Crippen LogP contribution in [0.5, 0.6) is 0 Å². The van der Waals surface area contributed by atoms with Gasteiger partial charge in [-0.15, -0.1) is 0 Å². The summed E-state index contributed by atoms with van der Waals surface area (Å²) in [6.45, 7) is 1.50. The van der Waals surface area contributed by atoms with Gasteiger partial charge in [0.2, 0.25) is 0 Å². The molecule has 1 aliphatic rings. The summed E-state index contributed by atoms with van der Waals surface area (Å²) >= 11 is 5.77. The first-order chi connectivity index (χ1) is 13.5. The summed E-state index contributed by atoms with van der Waals surface area (Å²) in [5.41, 5.74) is 3.49. The first-order valence-electron chi connectivity index (χ1n) is 9.57. The summed E-state index contributed by atoms with van der Waals surface area (Å²) in [6.07, 6.45) is 5.98. The van der Waals surface area contributed by atoms with Gasteiger partial charge in [0, 0.05) is 50.3 Å². The third-order valence-corrected chi connectivity index (χ3v) is 5.39. The molecular weight excluding hydrogens is 368 g/mol. The van der Waals surface area contributed by atoms with Crippen molar-refractivity contribution in [3.8, 4) is 11.4 Å². The van der Waals surface area contributed by atoms with Gasteiger partial charge in [-0.05, 0) is 61.9 Å². The molecule has 0 N–H and O–H groups in total. The monoisotopic (exact) mass is 394 g/mol. The number of nitrogens with zero attached hydrogens (tertiary/aromatic N) is 6. The lowest BCUT2D eigenvalue weighted by atomic mass is 10.2. The molecule has 0 saturated heterocycles. The molecule has 4 rings (SSSR count).